The van der Waals surface area contributed by atoms with Crippen molar-refractivity contribution in [3.05, 3.63) is 50.4 Å². The zero-order chi connectivity index (χ0) is 15.2. The Balaban J connectivity index is 1.44. The fraction of sp³-hybridized carbons (Fsp3) is 0.412. The van der Waals surface area contributed by atoms with E-state index in [2.05, 4.69) is 45.2 Å². The molecule has 1 aliphatic carbocycles. The number of hydrogen-bond donors (Lipinski definition) is 0. The maximum Gasteiger partial charge on any atom is 0.273 e. The first-order valence-corrected chi connectivity index (χ1v) is 9.30. The number of likely N-dealkylation sites (tertiary alicyclic amines) is 1. The standard InChI is InChI=1S/C17H17BrN2OS/c18-16-19-14(11-22-16)15(21)20-7-5-17(6-8-20)9-12-3-1-2-4-13(12)10-17/h1-4,11H,5-10H2. The Bertz CT molecular complexity index is 692. The Labute approximate surface area is 142 Å². The van der Waals surface area contributed by atoms with Crippen molar-refractivity contribution in [3.8, 4) is 0 Å². The zero-order valence-electron chi connectivity index (χ0n) is 12.2. The molecule has 2 aromatic rings. The highest BCUT2D eigenvalue weighted by Gasteiger charge is 2.40. The van der Waals surface area contributed by atoms with Crippen LogP contribution in [0.3, 0.4) is 0 Å². The lowest BCUT2D eigenvalue weighted by Crippen LogP contribution is -2.43. The van der Waals surface area contributed by atoms with Crippen molar-refractivity contribution in [1.29, 1.82) is 0 Å². The summed E-state index contributed by atoms with van der Waals surface area (Å²) < 4.78 is 0.774. The molecule has 1 spiro atoms. The smallest absolute Gasteiger partial charge is 0.273 e. The minimum atomic E-state index is 0.0762. The predicted molar refractivity (Wildman–Crippen MR) is 91.2 cm³/mol. The molecule has 1 aromatic heterocycles. The van der Waals surface area contributed by atoms with Crippen LogP contribution in [0.4, 0.5) is 0 Å². The van der Waals surface area contributed by atoms with Gasteiger partial charge in [0.05, 0.1) is 0 Å². The lowest BCUT2D eigenvalue weighted by molar-refractivity contribution is 0.0588. The van der Waals surface area contributed by atoms with Crippen LogP contribution < -0.4 is 0 Å². The number of thiazole rings is 1. The molecule has 22 heavy (non-hydrogen) atoms. The molecule has 2 aliphatic rings. The summed E-state index contributed by atoms with van der Waals surface area (Å²) in [5.74, 6) is 0.0762. The summed E-state index contributed by atoms with van der Waals surface area (Å²) in [7, 11) is 0. The van der Waals surface area contributed by atoms with Crippen LogP contribution in [0.15, 0.2) is 33.6 Å². The first kappa shape index (κ1) is 14.4. The third-order valence-electron chi connectivity index (χ3n) is 5.06. The second-order valence-corrected chi connectivity index (χ2v) is 8.53. The highest BCUT2D eigenvalue weighted by molar-refractivity contribution is 9.11. The second-order valence-electron chi connectivity index (χ2n) is 6.40. The first-order valence-electron chi connectivity index (χ1n) is 7.62. The monoisotopic (exact) mass is 376 g/mol. The van der Waals surface area contributed by atoms with Gasteiger partial charge in [-0.2, -0.15) is 0 Å². The van der Waals surface area contributed by atoms with Crippen LogP contribution >= 0.6 is 27.3 Å². The van der Waals surface area contributed by atoms with Crippen LogP contribution in [0.2, 0.25) is 0 Å². The number of halogens is 1. The molecule has 114 valence electrons. The first-order chi connectivity index (χ1) is 10.7. The summed E-state index contributed by atoms with van der Waals surface area (Å²) in [5.41, 5.74) is 3.96. The number of amides is 1. The van der Waals surface area contributed by atoms with Gasteiger partial charge in [-0.1, -0.05) is 24.3 Å². The summed E-state index contributed by atoms with van der Waals surface area (Å²) in [6.07, 6.45) is 4.54. The van der Waals surface area contributed by atoms with Crippen molar-refractivity contribution in [2.24, 2.45) is 5.41 Å². The predicted octanol–water partition coefficient (Wildman–Crippen LogP) is 3.93. The molecule has 0 N–H and O–H groups in total. The van der Waals surface area contributed by atoms with Gasteiger partial charge in [0.25, 0.3) is 5.91 Å². The van der Waals surface area contributed by atoms with E-state index in [0.717, 1.165) is 29.8 Å². The molecular weight excluding hydrogens is 360 g/mol. The maximum atomic E-state index is 12.5. The molecule has 3 nitrogen and oxygen atoms in total. The van der Waals surface area contributed by atoms with Gasteiger partial charge in [0.15, 0.2) is 3.92 Å². The summed E-state index contributed by atoms with van der Waals surface area (Å²) in [6.45, 7) is 1.70. The largest absolute Gasteiger partial charge is 0.337 e. The van der Waals surface area contributed by atoms with Crippen molar-refractivity contribution in [1.82, 2.24) is 9.88 Å². The van der Waals surface area contributed by atoms with E-state index < -0.39 is 0 Å². The van der Waals surface area contributed by atoms with Gasteiger partial charge < -0.3 is 4.90 Å². The van der Waals surface area contributed by atoms with Gasteiger partial charge in [-0.25, -0.2) is 4.98 Å². The number of benzene rings is 1. The normalized spacial score (nSPS) is 19.4. The molecule has 0 bridgehead atoms. The molecule has 0 saturated carbocycles. The number of nitrogens with zero attached hydrogens (tertiary/aromatic N) is 2. The summed E-state index contributed by atoms with van der Waals surface area (Å²) in [6, 6.07) is 8.79. The molecule has 0 unspecified atom stereocenters. The van der Waals surface area contributed by atoms with Crippen molar-refractivity contribution in [2.75, 3.05) is 13.1 Å². The van der Waals surface area contributed by atoms with E-state index in [4.69, 9.17) is 0 Å². The SMILES string of the molecule is O=C(c1csc(Br)n1)N1CCC2(CC1)Cc1ccccc1C2. The molecule has 2 heterocycles. The third kappa shape index (κ3) is 2.50. The van der Waals surface area contributed by atoms with Crippen LogP contribution in [0, 0.1) is 5.41 Å². The molecular formula is C17H17BrN2OS. The van der Waals surface area contributed by atoms with Crippen LogP contribution in [-0.4, -0.2) is 28.9 Å². The zero-order valence-corrected chi connectivity index (χ0v) is 14.6. The molecule has 1 aromatic carbocycles. The molecule has 4 rings (SSSR count). The van der Waals surface area contributed by atoms with Gasteiger partial charge >= 0.3 is 0 Å². The number of aromatic nitrogens is 1. The van der Waals surface area contributed by atoms with Crippen LogP contribution in [0.25, 0.3) is 0 Å². The van der Waals surface area contributed by atoms with Crippen molar-refractivity contribution in [3.63, 3.8) is 0 Å². The average Bonchev–Trinajstić information content (AvgIpc) is 3.10. The number of rotatable bonds is 1. The Morgan fingerprint density at radius 1 is 1.18 bits per heavy atom. The molecule has 0 atom stereocenters. The van der Waals surface area contributed by atoms with Crippen molar-refractivity contribution in [2.45, 2.75) is 25.7 Å². The van der Waals surface area contributed by atoms with E-state index in [-0.39, 0.29) is 5.91 Å². The van der Waals surface area contributed by atoms with E-state index >= 15 is 0 Å². The summed E-state index contributed by atoms with van der Waals surface area (Å²) in [5, 5.41) is 1.84. The molecule has 5 heteroatoms. The van der Waals surface area contributed by atoms with Gasteiger partial charge in [-0.15, -0.1) is 11.3 Å². The lowest BCUT2D eigenvalue weighted by Gasteiger charge is -2.39. The third-order valence-corrected chi connectivity index (χ3v) is 6.42. The summed E-state index contributed by atoms with van der Waals surface area (Å²) in [4.78, 5) is 18.7. The maximum absolute atomic E-state index is 12.5. The molecule has 1 amide bonds. The Morgan fingerprint density at radius 3 is 2.36 bits per heavy atom. The molecule has 1 aliphatic heterocycles. The fourth-order valence-electron chi connectivity index (χ4n) is 3.82. The molecule has 1 fully saturated rings. The number of piperidine rings is 1. The highest BCUT2D eigenvalue weighted by Crippen LogP contribution is 2.44. The fourth-order valence-corrected chi connectivity index (χ4v) is 4.81. The lowest BCUT2D eigenvalue weighted by atomic mass is 9.76. The Kier molecular flexibility index (Phi) is 3.57. The molecule has 0 radical (unpaired) electrons. The average molecular weight is 377 g/mol. The van der Waals surface area contributed by atoms with E-state index in [1.54, 1.807) is 0 Å². The van der Waals surface area contributed by atoms with Gasteiger partial charge in [-0.05, 0) is 58.2 Å². The minimum Gasteiger partial charge on any atom is -0.337 e. The van der Waals surface area contributed by atoms with Crippen LogP contribution in [0.5, 0.6) is 0 Å². The van der Waals surface area contributed by atoms with E-state index in [1.807, 2.05) is 10.3 Å². The number of hydrogen-bond acceptors (Lipinski definition) is 3. The van der Waals surface area contributed by atoms with Gasteiger partial charge in [0, 0.05) is 18.5 Å². The number of fused-ring (bicyclic) bond motifs is 1. The van der Waals surface area contributed by atoms with Crippen molar-refractivity contribution < 1.29 is 4.79 Å². The van der Waals surface area contributed by atoms with Crippen LogP contribution in [-0.2, 0) is 12.8 Å². The Hall–Kier alpha value is -1.20. The van der Waals surface area contributed by atoms with Crippen LogP contribution in [0.1, 0.15) is 34.5 Å². The van der Waals surface area contributed by atoms with E-state index in [0.29, 0.717) is 11.1 Å². The number of carbonyl (C=O) groups excluding carboxylic acids is 1. The second kappa shape index (κ2) is 5.46. The van der Waals surface area contributed by atoms with Gasteiger partial charge in [0.1, 0.15) is 5.69 Å². The number of carbonyl (C=O) groups is 1. The summed E-state index contributed by atoms with van der Waals surface area (Å²) >= 11 is 4.79. The highest BCUT2D eigenvalue weighted by atomic mass is 79.9. The topological polar surface area (TPSA) is 33.2 Å². The molecule has 1 saturated heterocycles. The van der Waals surface area contributed by atoms with E-state index in [1.165, 1.54) is 35.3 Å². The van der Waals surface area contributed by atoms with Crippen molar-refractivity contribution >= 4 is 33.2 Å². The van der Waals surface area contributed by atoms with E-state index in [9.17, 15) is 4.79 Å². The van der Waals surface area contributed by atoms with Gasteiger partial charge in [-0.3, -0.25) is 4.79 Å². The quantitative estimate of drug-likeness (QED) is 0.755. The van der Waals surface area contributed by atoms with Gasteiger partial charge in [0.2, 0.25) is 0 Å². The Morgan fingerprint density at radius 2 is 1.82 bits per heavy atom. The minimum absolute atomic E-state index is 0.0762.